The number of fused-ring (bicyclic) bond motifs is 1. The minimum absolute atomic E-state index is 0.0833. The van der Waals surface area contributed by atoms with Crippen LogP contribution in [0.1, 0.15) is 112 Å². The van der Waals surface area contributed by atoms with E-state index >= 15 is 0 Å². The molecule has 2 heterocycles. The Morgan fingerprint density at radius 2 is 1.33 bits per heavy atom. The third-order valence-electron chi connectivity index (χ3n) is 11.4. The average molecular weight is 663 g/mol. The van der Waals surface area contributed by atoms with Crippen LogP contribution in [-0.4, -0.2) is 64.6 Å². The number of carbonyl (C=O) groups excluding carboxylic acids is 5. The normalized spacial score (nSPS) is 24.4. The topological polar surface area (TPSA) is 101 Å². The van der Waals surface area contributed by atoms with Crippen LogP contribution in [0.5, 0.6) is 5.75 Å². The van der Waals surface area contributed by atoms with Gasteiger partial charge in [0.1, 0.15) is 5.75 Å². The molecule has 2 aliphatic heterocycles. The molecule has 5 aliphatic rings. The van der Waals surface area contributed by atoms with Gasteiger partial charge in [0.05, 0.1) is 5.92 Å². The van der Waals surface area contributed by atoms with Crippen molar-refractivity contribution in [3.05, 3.63) is 87.8 Å². The zero-order valence-electron chi connectivity index (χ0n) is 29.5. The molecule has 2 aromatic carbocycles. The van der Waals surface area contributed by atoms with Gasteiger partial charge in [-0.1, -0.05) is 77.4 Å². The standard InChI is InChI=1S/C41H46N2O6/c1-7-8-18-43-29-20-39(2,3)22-31(44)34(29)33(35-30(43)21-40(4,5)23-32(35)45)24-13-15-25(16-14-24)49-38(48)28-17-19-42(6)41(28)36(46)26-11-9-10-12-27(26)37(41)47/h9-16,28,33H,7-8,17-23H2,1-6H3. The van der Waals surface area contributed by atoms with E-state index in [1.165, 1.54) is 0 Å². The highest BCUT2D eigenvalue weighted by Crippen LogP contribution is 2.54. The van der Waals surface area contributed by atoms with Crippen LogP contribution in [0.4, 0.5) is 0 Å². The largest absolute Gasteiger partial charge is 0.426 e. The fourth-order valence-corrected chi connectivity index (χ4v) is 9.20. The quantitative estimate of drug-likeness (QED) is 0.188. The average Bonchev–Trinajstić information content (AvgIpc) is 3.49. The van der Waals surface area contributed by atoms with Crippen molar-refractivity contribution in [3.63, 3.8) is 0 Å². The van der Waals surface area contributed by atoms with E-state index in [9.17, 15) is 24.0 Å². The first-order valence-electron chi connectivity index (χ1n) is 17.7. The number of ether oxygens (including phenoxy) is 1. The van der Waals surface area contributed by atoms with Crippen molar-refractivity contribution >= 4 is 29.1 Å². The summed E-state index contributed by atoms with van der Waals surface area (Å²) < 4.78 is 5.91. The molecule has 0 N–H and O–H groups in total. The first-order valence-corrected chi connectivity index (χ1v) is 17.7. The molecule has 2 aromatic rings. The number of rotatable bonds is 6. The number of esters is 1. The molecule has 8 heteroatoms. The van der Waals surface area contributed by atoms with Gasteiger partial charge in [0.2, 0.25) is 0 Å². The molecule has 7 rings (SSSR count). The fraction of sp³-hybridized carbons (Fsp3) is 0.488. The number of likely N-dealkylation sites (tertiary alicyclic amines) is 1. The van der Waals surface area contributed by atoms with Gasteiger partial charge in [0, 0.05) is 65.5 Å². The van der Waals surface area contributed by atoms with Crippen LogP contribution in [0.15, 0.2) is 71.1 Å². The van der Waals surface area contributed by atoms with E-state index in [-0.39, 0.29) is 39.7 Å². The molecule has 1 unspecified atom stereocenters. The summed E-state index contributed by atoms with van der Waals surface area (Å²) in [7, 11) is 1.71. The van der Waals surface area contributed by atoms with E-state index in [4.69, 9.17) is 4.74 Å². The van der Waals surface area contributed by atoms with Gasteiger partial charge in [-0.15, -0.1) is 0 Å². The number of Topliss-reactive ketones (excluding diaryl/α,β-unsaturated/α-hetero) is 4. The van der Waals surface area contributed by atoms with Crippen LogP contribution in [0, 0.1) is 16.7 Å². The summed E-state index contributed by atoms with van der Waals surface area (Å²) in [5.74, 6) is -2.33. The van der Waals surface area contributed by atoms with Gasteiger partial charge in [0.15, 0.2) is 28.7 Å². The van der Waals surface area contributed by atoms with Crippen molar-refractivity contribution < 1.29 is 28.7 Å². The van der Waals surface area contributed by atoms with Crippen molar-refractivity contribution in [1.29, 1.82) is 0 Å². The number of hydrogen-bond donors (Lipinski definition) is 0. The number of allylic oxidation sites excluding steroid dienone is 4. The maximum atomic E-state index is 14.1. The van der Waals surface area contributed by atoms with E-state index in [1.807, 2.05) is 12.1 Å². The van der Waals surface area contributed by atoms with Crippen LogP contribution < -0.4 is 4.74 Å². The summed E-state index contributed by atoms with van der Waals surface area (Å²) in [6, 6.07) is 13.8. The van der Waals surface area contributed by atoms with Crippen molar-refractivity contribution in [2.75, 3.05) is 20.1 Å². The summed E-state index contributed by atoms with van der Waals surface area (Å²) >= 11 is 0. The first kappa shape index (κ1) is 33.3. The number of ketones is 4. The van der Waals surface area contributed by atoms with Gasteiger partial charge in [-0.3, -0.25) is 28.9 Å². The molecule has 3 aliphatic carbocycles. The van der Waals surface area contributed by atoms with E-state index in [2.05, 4.69) is 39.5 Å². The smallest absolute Gasteiger partial charge is 0.317 e. The van der Waals surface area contributed by atoms with Gasteiger partial charge in [-0.2, -0.15) is 0 Å². The van der Waals surface area contributed by atoms with Crippen molar-refractivity contribution in [3.8, 4) is 5.75 Å². The molecule has 1 spiro atoms. The van der Waals surface area contributed by atoms with Crippen LogP contribution >= 0.6 is 0 Å². The summed E-state index contributed by atoms with van der Waals surface area (Å²) in [6.45, 7) is 11.9. The predicted molar refractivity (Wildman–Crippen MR) is 185 cm³/mol. The van der Waals surface area contributed by atoms with Crippen LogP contribution in [0.25, 0.3) is 0 Å². The number of benzene rings is 2. The van der Waals surface area contributed by atoms with E-state index < -0.39 is 23.3 Å². The third kappa shape index (κ3) is 5.17. The van der Waals surface area contributed by atoms with Crippen molar-refractivity contribution in [2.45, 2.75) is 91.0 Å². The van der Waals surface area contributed by atoms with E-state index in [0.717, 1.165) is 60.3 Å². The molecule has 1 fully saturated rings. The van der Waals surface area contributed by atoms with Crippen LogP contribution in [0.3, 0.4) is 0 Å². The summed E-state index contributed by atoms with van der Waals surface area (Å²) in [5.41, 5.74) is 3.03. The van der Waals surface area contributed by atoms with Gasteiger partial charge < -0.3 is 9.64 Å². The molecular formula is C41H46N2O6. The highest BCUT2D eigenvalue weighted by molar-refractivity contribution is 6.34. The SMILES string of the molecule is CCCCN1C2=C(C(=O)CC(C)(C)C2)C(c2ccc(OC(=O)C3CCN(C)C34C(=O)c3ccccc3C4=O)cc2)C2=C1CC(C)(C)CC2=O. The Balaban J connectivity index is 1.23. The Bertz CT molecular complexity index is 1770. The highest BCUT2D eigenvalue weighted by Gasteiger charge is 2.65. The number of unbranched alkanes of at least 4 members (excludes halogenated alkanes) is 1. The zero-order chi connectivity index (χ0) is 35.0. The molecule has 1 saturated heterocycles. The molecule has 1 atom stereocenters. The van der Waals surface area contributed by atoms with Crippen LogP contribution in [-0.2, 0) is 14.4 Å². The molecule has 0 aromatic heterocycles. The third-order valence-corrected chi connectivity index (χ3v) is 11.4. The minimum Gasteiger partial charge on any atom is -0.426 e. The van der Waals surface area contributed by atoms with E-state index in [0.29, 0.717) is 36.9 Å². The van der Waals surface area contributed by atoms with Crippen LogP contribution in [0.2, 0.25) is 0 Å². The zero-order valence-corrected chi connectivity index (χ0v) is 29.5. The molecule has 0 saturated carbocycles. The predicted octanol–water partition coefficient (Wildman–Crippen LogP) is 6.85. The van der Waals surface area contributed by atoms with E-state index in [1.54, 1.807) is 48.3 Å². The Labute approximate surface area is 288 Å². The summed E-state index contributed by atoms with van der Waals surface area (Å²) in [6.07, 6.45) is 4.64. The maximum absolute atomic E-state index is 14.1. The minimum atomic E-state index is -1.61. The number of hydrogen-bond acceptors (Lipinski definition) is 8. The molecular weight excluding hydrogens is 616 g/mol. The van der Waals surface area contributed by atoms with Crippen molar-refractivity contribution in [1.82, 2.24) is 9.80 Å². The fourth-order valence-electron chi connectivity index (χ4n) is 9.20. The molecule has 0 radical (unpaired) electrons. The number of carbonyl (C=O) groups is 5. The molecule has 49 heavy (non-hydrogen) atoms. The van der Waals surface area contributed by atoms with Crippen molar-refractivity contribution in [2.24, 2.45) is 16.7 Å². The monoisotopic (exact) mass is 662 g/mol. The Morgan fingerprint density at radius 1 is 0.796 bits per heavy atom. The maximum Gasteiger partial charge on any atom is 0.317 e. The lowest BCUT2D eigenvalue weighted by Gasteiger charge is -2.49. The van der Waals surface area contributed by atoms with Gasteiger partial charge in [-0.05, 0) is 61.3 Å². The lowest BCUT2D eigenvalue weighted by molar-refractivity contribution is -0.140. The number of likely N-dealkylation sites (N-methyl/N-ethyl adjacent to an activating group) is 1. The molecule has 0 amide bonds. The highest BCUT2D eigenvalue weighted by atomic mass is 16.5. The van der Waals surface area contributed by atoms with Gasteiger partial charge >= 0.3 is 5.97 Å². The van der Waals surface area contributed by atoms with Gasteiger partial charge in [-0.25, -0.2) is 0 Å². The second-order valence-electron chi connectivity index (χ2n) is 16.3. The Morgan fingerprint density at radius 3 is 1.84 bits per heavy atom. The second kappa shape index (κ2) is 11.7. The molecule has 0 bridgehead atoms. The Kier molecular flexibility index (Phi) is 7.97. The number of nitrogens with zero attached hydrogens (tertiary/aromatic N) is 2. The lowest BCUT2D eigenvalue weighted by atomic mass is 9.63. The summed E-state index contributed by atoms with van der Waals surface area (Å²) in [5, 5.41) is 0. The lowest BCUT2D eigenvalue weighted by Crippen LogP contribution is -2.57. The first-order chi connectivity index (χ1) is 23.2. The molecule has 256 valence electrons. The molecule has 8 nitrogen and oxygen atoms in total. The van der Waals surface area contributed by atoms with Gasteiger partial charge in [0.25, 0.3) is 0 Å². The summed E-state index contributed by atoms with van der Waals surface area (Å²) in [4.78, 5) is 73.4. The second-order valence-corrected chi connectivity index (χ2v) is 16.3. The Hall–Kier alpha value is -4.17.